The SMILES string of the molecule is CC(C)CCNCC1CCC(=O)N1. The van der Waals surface area contributed by atoms with Gasteiger partial charge in [0.2, 0.25) is 5.91 Å². The van der Waals surface area contributed by atoms with E-state index in [-0.39, 0.29) is 5.91 Å². The van der Waals surface area contributed by atoms with Crippen LogP contribution in [0.5, 0.6) is 0 Å². The molecule has 1 amide bonds. The summed E-state index contributed by atoms with van der Waals surface area (Å²) in [6.07, 6.45) is 2.91. The molecule has 2 N–H and O–H groups in total. The number of hydrogen-bond donors (Lipinski definition) is 2. The van der Waals surface area contributed by atoms with Gasteiger partial charge in [-0.05, 0) is 25.3 Å². The van der Waals surface area contributed by atoms with Crippen molar-refractivity contribution in [3.05, 3.63) is 0 Å². The molecule has 1 aliphatic rings. The van der Waals surface area contributed by atoms with Crippen LogP contribution in [0, 0.1) is 5.92 Å². The molecule has 0 aliphatic carbocycles. The van der Waals surface area contributed by atoms with Gasteiger partial charge in [-0.3, -0.25) is 4.79 Å². The lowest BCUT2D eigenvalue weighted by Crippen LogP contribution is -2.36. The molecule has 1 aliphatic heterocycles. The van der Waals surface area contributed by atoms with Crippen molar-refractivity contribution >= 4 is 5.91 Å². The second-order valence-corrected chi connectivity index (χ2v) is 4.19. The first kappa shape index (κ1) is 10.5. The van der Waals surface area contributed by atoms with E-state index in [1.54, 1.807) is 0 Å². The monoisotopic (exact) mass is 184 g/mol. The van der Waals surface area contributed by atoms with Gasteiger partial charge in [-0.1, -0.05) is 13.8 Å². The minimum atomic E-state index is 0.204. The highest BCUT2D eigenvalue weighted by Gasteiger charge is 2.19. The van der Waals surface area contributed by atoms with Crippen LogP contribution in [0.1, 0.15) is 33.1 Å². The lowest BCUT2D eigenvalue weighted by Gasteiger charge is -2.11. The molecule has 1 saturated heterocycles. The highest BCUT2D eigenvalue weighted by molar-refractivity contribution is 5.78. The van der Waals surface area contributed by atoms with Crippen molar-refractivity contribution in [3.63, 3.8) is 0 Å². The van der Waals surface area contributed by atoms with E-state index in [2.05, 4.69) is 24.5 Å². The van der Waals surface area contributed by atoms with Crippen LogP contribution in [-0.2, 0) is 4.79 Å². The minimum absolute atomic E-state index is 0.204. The molecule has 76 valence electrons. The van der Waals surface area contributed by atoms with Crippen molar-refractivity contribution in [2.75, 3.05) is 13.1 Å². The van der Waals surface area contributed by atoms with Gasteiger partial charge in [0.05, 0.1) is 0 Å². The van der Waals surface area contributed by atoms with E-state index >= 15 is 0 Å². The molecule has 3 heteroatoms. The highest BCUT2D eigenvalue weighted by atomic mass is 16.1. The standard InChI is InChI=1S/C10H20N2O/c1-8(2)5-6-11-7-9-3-4-10(13)12-9/h8-9,11H,3-7H2,1-2H3,(H,12,13). The first-order valence-electron chi connectivity index (χ1n) is 5.18. The van der Waals surface area contributed by atoms with Crippen molar-refractivity contribution in [1.29, 1.82) is 0 Å². The summed E-state index contributed by atoms with van der Waals surface area (Å²) < 4.78 is 0. The normalized spacial score (nSPS) is 22.4. The maximum Gasteiger partial charge on any atom is 0.220 e. The second-order valence-electron chi connectivity index (χ2n) is 4.19. The molecule has 1 unspecified atom stereocenters. The molecular formula is C10H20N2O. The van der Waals surface area contributed by atoms with Crippen LogP contribution in [0.25, 0.3) is 0 Å². The van der Waals surface area contributed by atoms with Gasteiger partial charge in [-0.25, -0.2) is 0 Å². The van der Waals surface area contributed by atoms with Crippen LogP contribution in [-0.4, -0.2) is 25.0 Å². The molecule has 0 aromatic rings. The van der Waals surface area contributed by atoms with E-state index in [4.69, 9.17) is 0 Å². The van der Waals surface area contributed by atoms with E-state index in [1.165, 1.54) is 6.42 Å². The Labute approximate surface area is 80.3 Å². The number of hydrogen-bond acceptors (Lipinski definition) is 2. The zero-order valence-electron chi connectivity index (χ0n) is 8.60. The summed E-state index contributed by atoms with van der Waals surface area (Å²) in [5.41, 5.74) is 0. The third-order valence-corrected chi connectivity index (χ3v) is 2.37. The number of carbonyl (C=O) groups is 1. The maximum absolute atomic E-state index is 10.9. The minimum Gasteiger partial charge on any atom is -0.352 e. The molecule has 0 radical (unpaired) electrons. The van der Waals surface area contributed by atoms with Crippen molar-refractivity contribution in [2.45, 2.75) is 39.2 Å². The number of nitrogens with one attached hydrogen (secondary N) is 2. The van der Waals surface area contributed by atoms with Crippen molar-refractivity contribution in [2.24, 2.45) is 5.92 Å². The first-order chi connectivity index (χ1) is 6.18. The van der Waals surface area contributed by atoms with Gasteiger partial charge in [0.25, 0.3) is 0 Å². The fourth-order valence-corrected chi connectivity index (χ4v) is 1.50. The smallest absolute Gasteiger partial charge is 0.220 e. The van der Waals surface area contributed by atoms with Gasteiger partial charge in [0, 0.05) is 19.0 Å². The van der Waals surface area contributed by atoms with Crippen LogP contribution in [0.2, 0.25) is 0 Å². The Kier molecular flexibility index (Phi) is 4.22. The van der Waals surface area contributed by atoms with Crippen LogP contribution < -0.4 is 10.6 Å². The summed E-state index contributed by atoms with van der Waals surface area (Å²) in [4.78, 5) is 10.9. The summed E-state index contributed by atoms with van der Waals surface area (Å²) in [6.45, 7) is 6.43. The number of amides is 1. The van der Waals surface area contributed by atoms with Crippen LogP contribution in [0.4, 0.5) is 0 Å². The van der Waals surface area contributed by atoms with Gasteiger partial charge >= 0.3 is 0 Å². The molecule has 0 aromatic heterocycles. The predicted molar refractivity (Wildman–Crippen MR) is 53.5 cm³/mol. The molecule has 1 fully saturated rings. The first-order valence-corrected chi connectivity index (χ1v) is 5.18. The molecule has 0 spiro atoms. The van der Waals surface area contributed by atoms with Gasteiger partial charge in [-0.2, -0.15) is 0 Å². The summed E-state index contributed by atoms with van der Waals surface area (Å²) in [7, 11) is 0. The molecule has 3 nitrogen and oxygen atoms in total. The van der Waals surface area contributed by atoms with E-state index in [9.17, 15) is 4.79 Å². The topological polar surface area (TPSA) is 41.1 Å². The summed E-state index contributed by atoms with van der Waals surface area (Å²) in [5.74, 6) is 0.960. The Morgan fingerprint density at radius 2 is 2.38 bits per heavy atom. The van der Waals surface area contributed by atoms with Gasteiger partial charge in [0.15, 0.2) is 0 Å². The lowest BCUT2D eigenvalue weighted by molar-refractivity contribution is -0.119. The van der Waals surface area contributed by atoms with Crippen molar-refractivity contribution in [3.8, 4) is 0 Å². The Balaban J connectivity index is 1.97. The molecule has 0 saturated carbocycles. The summed E-state index contributed by atoms with van der Waals surface area (Å²) in [6, 6.07) is 0.375. The average molecular weight is 184 g/mol. The van der Waals surface area contributed by atoms with Crippen LogP contribution in [0.3, 0.4) is 0 Å². The molecule has 0 bridgehead atoms. The average Bonchev–Trinajstić information content (AvgIpc) is 2.45. The van der Waals surface area contributed by atoms with Gasteiger partial charge in [0.1, 0.15) is 0 Å². The van der Waals surface area contributed by atoms with Crippen molar-refractivity contribution < 1.29 is 4.79 Å². The molecule has 13 heavy (non-hydrogen) atoms. The zero-order chi connectivity index (χ0) is 9.68. The molecule has 1 heterocycles. The van der Waals surface area contributed by atoms with Crippen molar-refractivity contribution in [1.82, 2.24) is 10.6 Å². The Morgan fingerprint density at radius 1 is 1.62 bits per heavy atom. The Morgan fingerprint density at radius 3 is 2.92 bits per heavy atom. The molecule has 1 rings (SSSR count). The highest BCUT2D eigenvalue weighted by Crippen LogP contribution is 2.05. The zero-order valence-corrected chi connectivity index (χ0v) is 8.60. The van der Waals surface area contributed by atoms with Gasteiger partial charge in [-0.15, -0.1) is 0 Å². The van der Waals surface area contributed by atoms with E-state index in [1.807, 2.05) is 0 Å². The third kappa shape index (κ3) is 4.27. The van der Waals surface area contributed by atoms with E-state index in [0.29, 0.717) is 12.5 Å². The van der Waals surface area contributed by atoms with Crippen LogP contribution >= 0.6 is 0 Å². The maximum atomic E-state index is 10.9. The quantitative estimate of drug-likeness (QED) is 0.623. The van der Waals surface area contributed by atoms with Crippen LogP contribution in [0.15, 0.2) is 0 Å². The second kappa shape index (κ2) is 5.22. The number of carbonyl (C=O) groups excluding carboxylic acids is 1. The Hall–Kier alpha value is -0.570. The fourth-order valence-electron chi connectivity index (χ4n) is 1.50. The molecule has 1 atom stereocenters. The largest absolute Gasteiger partial charge is 0.352 e. The third-order valence-electron chi connectivity index (χ3n) is 2.37. The molecular weight excluding hydrogens is 164 g/mol. The lowest BCUT2D eigenvalue weighted by atomic mass is 10.1. The Bertz CT molecular complexity index is 168. The van der Waals surface area contributed by atoms with Gasteiger partial charge < -0.3 is 10.6 Å². The van der Waals surface area contributed by atoms with E-state index in [0.717, 1.165) is 25.4 Å². The molecule has 0 aromatic carbocycles. The fraction of sp³-hybridized carbons (Fsp3) is 0.900. The summed E-state index contributed by atoms with van der Waals surface area (Å²) in [5, 5.41) is 6.31. The predicted octanol–water partition coefficient (Wildman–Crippen LogP) is 0.901. The number of rotatable bonds is 5. The summed E-state index contributed by atoms with van der Waals surface area (Å²) >= 11 is 0. The van der Waals surface area contributed by atoms with E-state index < -0.39 is 0 Å².